The average Bonchev–Trinajstić information content (AvgIpc) is 3.60. The predicted octanol–water partition coefficient (Wildman–Crippen LogP) is 5.87. The quantitative estimate of drug-likeness (QED) is 0.199. The summed E-state index contributed by atoms with van der Waals surface area (Å²) in [6.45, 7) is 0.338. The highest BCUT2D eigenvalue weighted by Crippen LogP contribution is 2.39. The van der Waals surface area contributed by atoms with Gasteiger partial charge in [-0.25, -0.2) is 23.5 Å². The Kier molecular flexibility index (Phi) is 8.40. The van der Waals surface area contributed by atoms with Crippen molar-refractivity contribution in [1.29, 1.82) is 0 Å². The van der Waals surface area contributed by atoms with Crippen molar-refractivity contribution >= 4 is 51.2 Å². The van der Waals surface area contributed by atoms with E-state index in [1.54, 1.807) is 29.8 Å². The van der Waals surface area contributed by atoms with Gasteiger partial charge in [0.25, 0.3) is 5.91 Å². The van der Waals surface area contributed by atoms with E-state index in [9.17, 15) is 18.4 Å². The van der Waals surface area contributed by atoms with Crippen LogP contribution in [0.5, 0.6) is 5.75 Å². The molecule has 0 saturated carbocycles. The molecule has 0 bridgehead atoms. The van der Waals surface area contributed by atoms with Crippen LogP contribution in [0.25, 0.3) is 21.1 Å². The van der Waals surface area contributed by atoms with E-state index in [0.717, 1.165) is 24.2 Å². The summed E-state index contributed by atoms with van der Waals surface area (Å²) in [6.07, 6.45) is 5.14. The molecule has 0 radical (unpaired) electrons. The van der Waals surface area contributed by atoms with Crippen molar-refractivity contribution in [3.05, 3.63) is 71.3 Å². The highest BCUT2D eigenvalue weighted by Gasteiger charge is 2.20. The molecule has 4 aromatic rings. The number of thiazole rings is 2. The van der Waals surface area contributed by atoms with Gasteiger partial charge in [0.1, 0.15) is 39.2 Å². The molecule has 1 unspecified atom stereocenters. The molecule has 212 valence electrons. The van der Waals surface area contributed by atoms with E-state index in [1.807, 2.05) is 6.08 Å². The Balaban J connectivity index is 1.30. The number of nitrogens with zero attached hydrogens (tertiary/aromatic N) is 2. The minimum atomic E-state index is -0.940. The lowest BCUT2D eigenvalue weighted by molar-refractivity contribution is 0.102. The van der Waals surface area contributed by atoms with Crippen LogP contribution in [0.1, 0.15) is 23.2 Å². The first kappa shape index (κ1) is 28.0. The van der Waals surface area contributed by atoms with Crippen LogP contribution in [0.3, 0.4) is 0 Å². The van der Waals surface area contributed by atoms with Crippen LogP contribution in [0.2, 0.25) is 0 Å². The van der Waals surface area contributed by atoms with Crippen LogP contribution >= 0.6 is 22.7 Å². The SMILES string of the molecule is COc1cccc(C(=O)Nc2cc(-c3csc(-c4sc(NC(=O)NCC5CCC=CO5)nc4N)n3)c(F)cc2F)c1. The molecule has 2 aromatic heterocycles. The van der Waals surface area contributed by atoms with E-state index < -0.39 is 23.6 Å². The largest absolute Gasteiger partial charge is 0.497 e. The summed E-state index contributed by atoms with van der Waals surface area (Å²) in [5.74, 6) is -1.79. The lowest BCUT2D eigenvalue weighted by Crippen LogP contribution is -2.36. The summed E-state index contributed by atoms with van der Waals surface area (Å²) >= 11 is 2.28. The third-order valence-corrected chi connectivity index (χ3v) is 7.98. The van der Waals surface area contributed by atoms with Crippen LogP contribution in [0.4, 0.5) is 30.2 Å². The van der Waals surface area contributed by atoms with E-state index in [-0.39, 0.29) is 39.6 Å². The normalized spacial score (nSPS) is 14.3. The zero-order chi connectivity index (χ0) is 28.9. The maximum Gasteiger partial charge on any atom is 0.321 e. The minimum absolute atomic E-state index is 0.0181. The standard InChI is InChI=1S/C27H24F2N6O4S2/c1-38-15-7-4-5-14(9-15)24(36)32-20-10-17(18(28)11-19(20)29)21-13-40-25(33-21)22-23(30)34-27(41-22)35-26(37)31-12-16-6-2-3-8-39-16/h3-5,7-11,13,16H,2,6,12,30H2,1H3,(H,32,36)(H2,31,34,35,37). The number of amides is 3. The highest BCUT2D eigenvalue weighted by atomic mass is 32.1. The van der Waals surface area contributed by atoms with Crippen molar-refractivity contribution in [2.45, 2.75) is 18.9 Å². The second kappa shape index (κ2) is 12.3. The molecule has 0 aliphatic carbocycles. The number of benzene rings is 2. The van der Waals surface area contributed by atoms with Crippen LogP contribution in [-0.2, 0) is 4.74 Å². The maximum atomic E-state index is 14.8. The number of urea groups is 1. The molecule has 0 saturated heterocycles. The van der Waals surface area contributed by atoms with Gasteiger partial charge in [-0.3, -0.25) is 10.1 Å². The number of nitrogens with one attached hydrogen (secondary N) is 3. The Morgan fingerprint density at radius 2 is 2.02 bits per heavy atom. The molecule has 3 heterocycles. The Morgan fingerprint density at radius 3 is 2.80 bits per heavy atom. The van der Waals surface area contributed by atoms with Crippen molar-refractivity contribution in [3.8, 4) is 26.9 Å². The van der Waals surface area contributed by atoms with E-state index >= 15 is 0 Å². The van der Waals surface area contributed by atoms with Crippen LogP contribution in [0.15, 0.2) is 54.1 Å². The van der Waals surface area contributed by atoms with E-state index in [2.05, 4.69) is 25.9 Å². The molecule has 1 aliphatic heterocycles. The van der Waals surface area contributed by atoms with Crippen molar-refractivity contribution in [3.63, 3.8) is 0 Å². The van der Waals surface area contributed by atoms with Gasteiger partial charge in [0.2, 0.25) is 0 Å². The maximum absolute atomic E-state index is 14.8. The Labute approximate surface area is 241 Å². The first-order valence-corrected chi connectivity index (χ1v) is 14.0. The van der Waals surface area contributed by atoms with Gasteiger partial charge in [-0.2, -0.15) is 0 Å². The summed E-state index contributed by atoms with van der Waals surface area (Å²) in [7, 11) is 1.46. The first-order chi connectivity index (χ1) is 19.8. The number of carbonyl (C=O) groups is 2. The number of nitrogens with two attached hydrogens (primary N) is 1. The molecule has 0 spiro atoms. The molecule has 14 heteroatoms. The van der Waals surface area contributed by atoms with Crippen molar-refractivity contribution in [1.82, 2.24) is 15.3 Å². The van der Waals surface area contributed by atoms with Crippen molar-refractivity contribution < 1.29 is 27.8 Å². The van der Waals surface area contributed by atoms with Gasteiger partial charge in [0.15, 0.2) is 5.13 Å². The monoisotopic (exact) mass is 598 g/mol. The fourth-order valence-electron chi connectivity index (χ4n) is 3.92. The lowest BCUT2D eigenvalue weighted by atomic mass is 10.1. The fraction of sp³-hybridized carbons (Fsp3) is 0.185. The highest BCUT2D eigenvalue weighted by molar-refractivity contribution is 7.23. The topological polar surface area (TPSA) is 140 Å². The Morgan fingerprint density at radius 1 is 1.17 bits per heavy atom. The fourth-order valence-corrected chi connectivity index (χ4v) is 5.72. The van der Waals surface area contributed by atoms with Gasteiger partial charge in [-0.05, 0) is 43.2 Å². The number of hydrogen-bond acceptors (Lipinski definition) is 9. The summed E-state index contributed by atoms with van der Waals surface area (Å²) in [5, 5.41) is 10.1. The molecular formula is C27H24F2N6O4S2. The number of hydrogen-bond donors (Lipinski definition) is 4. The average molecular weight is 599 g/mol. The molecule has 1 atom stereocenters. The molecule has 5 rings (SSSR count). The molecule has 41 heavy (non-hydrogen) atoms. The van der Waals surface area contributed by atoms with Crippen molar-refractivity contribution in [2.75, 3.05) is 30.0 Å². The third-order valence-electron chi connectivity index (χ3n) is 6.00. The van der Waals surface area contributed by atoms with E-state index in [1.165, 1.54) is 30.6 Å². The zero-order valence-electron chi connectivity index (χ0n) is 21.6. The van der Waals surface area contributed by atoms with Crippen molar-refractivity contribution in [2.24, 2.45) is 0 Å². The summed E-state index contributed by atoms with van der Waals surface area (Å²) in [4.78, 5) is 34.1. The molecule has 0 fully saturated rings. The van der Waals surface area contributed by atoms with Gasteiger partial charge >= 0.3 is 6.03 Å². The van der Waals surface area contributed by atoms with Gasteiger partial charge in [-0.15, -0.1) is 11.3 Å². The molecular weight excluding hydrogens is 574 g/mol. The number of methoxy groups -OCH3 is 1. The number of anilines is 3. The number of allylic oxidation sites excluding steroid dienone is 1. The number of nitrogen functional groups attached to an aromatic ring is 1. The predicted molar refractivity (Wildman–Crippen MR) is 154 cm³/mol. The zero-order valence-corrected chi connectivity index (χ0v) is 23.2. The number of halogens is 2. The summed E-state index contributed by atoms with van der Waals surface area (Å²) in [5.41, 5.74) is 6.30. The van der Waals surface area contributed by atoms with Crippen LogP contribution in [0, 0.1) is 11.6 Å². The smallest absolute Gasteiger partial charge is 0.321 e. The van der Waals surface area contributed by atoms with E-state index in [0.29, 0.717) is 28.2 Å². The van der Waals surface area contributed by atoms with Gasteiger partial charge in [-0.1, -0.05) is 17.4 Å². The molecule has 5 N–H and O–H groups in total. The minimum Gasteiger partial charge on any atom is -0.497 e. The first-order valence-electron chi connectivity index (χ1n) is 12.3. The van der Waals surface area contributed by atoms with Gasteiger partial charge in [0, 0.05) is 22.6 Å². The Hall–Kier alpha value is -4.56. The number of carbonyl (C=O) groups excluding carboxylic acids is 2. The third kappa shape index (κ3) is 6.61. The number of rotatable bonds is 8. The molecule has 2 aromatic carbocycles. The number of aromatic nitrogens is 2. The number of ether oxygens (including phenoxy) is 2. The molecule has 1 aliphatic rings. The summed E-state index contributed by atoms with van der Waals surface area (Å²) in [6, 6.07) is 7.75. The lowest BCUT2D eigenvalue weighted by Gasteiger charge is -2.19. The molecule has 3 amide bonds. The van der Waals surface area contributed by atoms with E-state index in [4.69, 9.17) is 15.2 Å². The Bertz CT molecular complexity index is 1620. The van der Waals surface area contributed by atoms with Crippen LogP contribution < -0.4 is 26.4 Å². The van der Waals surface area contributed by atoms with Gasteiger partial charge in [0.05, 0.1) is 31.3 Å². The second-order valence-electron chi connectivity index (χ2n) is 8.81. The van der Waals surface area contributed by atoms with Crippen LogP contribution in [-0.4, -0.2) is 41.7 Å². The van der Waals surface area contributed by atoms with Gasteiger partial charge < -0.3 is 25.8 Å². The summed E-state index contributed by atoms with van der Waals surface area (Å²) < 4.78 is 40.0. The molecule has 10 nitrogen and oxygen atoms in total. The second-order valence-corrected chi connectivity index (χ2v) is 10.7.